The van der Waals surface area contributed by atoms with Crippen LogP contribution < -0.4 is 0 Å². The monoisotopic (exact) mass is 287 g/mol. The largest absolute Gasteiger partial charge is 0.341 e. The smallest absolute Gasteiger partial charge is 0.211 e. The Morgan fingerprint density at radius 1 is 1.44 bits per heavy atom. The van der Waals surface area contributed by atoms with Crippen LogP contribution in [0.4, 0.5) is 0 Å². The molecule has 0 bridgehead atoms. The molecule has 0 fully saturated rings. The number of hydrogen-bond acceptors (Lipinski definition) is 3. The van der Waals surface area contributed by atoms with E-state index in [1.54, 1.807) is 25.1 Å². The van der Waals surface area contributed by atoms with E-state index in [1.807, 2.05) is 0 Å². The van der Waals surface area contributed by atoms with Gasteiger partial charge in [-0.2, -0.15) is 4.31 Å². The average molecular weight is 288 g/mol. The first kappa shape index (κ1) is 13.3. The molecule has 1 aromatic heterocycles. The molecule has 1 aromatic carbocycles. The van der Waals surface area contributed by atoms with Crippen LogP contribution in [0.1, 0.15) is 18.8 Å². The first-order valence-corrected chi connectivity index (χ1v) is 7.60. The Kier molecular flexibility index (Phi) is 3.35. The molecule has 7 heteroatoms. The lowest BCUT2D eigenvalue weighted by atomic mass is 10.3. The van der Waals surface area contributed by atoms with Gasteiger partial charge in [0.25, 0.3) is 0 Å². The molecule has 0 saturated heterocycles. The van der Waals surface area contributed by atoms with Crippen molar-refractivity contribution in [1.29, 1.82) is 0 Å². The van der Waals surface area contributed by atoms with Crippen LogP contribution in [-0.4, -0.2) is 36.0 Å². The van der Waals surface area contributed by atoms with Gasteiger partial charge in [0.15, 0.2) is 0 Å². The first-order chi connectivity index (χ1) is 8.29. The van der Waals surface area contributed by atoms with Gasteiger partial charge < -0.3 is 4.98 Å². The van der Waals surface area contributed by atoms with E-state index >= 15 is 0 Å². The Balaban J connectivity index is 2.42. The maximum absolute atomic E-state index is 11.5. The maximum Gasteiger partial charge on any atom is 0.211 e. The van der Waals surface area contributed by atoms with Crippen molar-refractivity contribution in [2.75, 3.05) is 13.3 Å². The van der Waals surface area contributed by atoms with E-state index in [-0.39, 0.29) is 6.04 Å². The van der Waals surface area contributed by atoms with E-state index < -0.39 is 10.0 Å². The number of hydrogen-bond donors (Lipinski definition) is 1. The lowest BCUT2D eigenvalue weighted by Gasteiger charge is -2.20. The fraction of sp³-hybridized carbons (Fsp3) is 0.364. The van der Waals surface area contributed by atoms with Crippen LogP contribution in [0.15, 0.2) is 18.2 Å². The molecule has 0 aliphatic carbocycles. The van der Waals surface area contributed by atoms with E-state index in [9.17, 15) is 8.42 Å². The van der Waals surface area contributed by atoms with Crippen LogP contribution in [0.3, 0.4) is 0 Å². The van der Waals surface area contributed by atoms with E-state index in [1.165, 1.54) is 17.6 Å². The van der Waals surface area contributed by atoms with Crippen molar-refractivity contribution in [3.63, 3.8) is 0 Å². The fourth-order valence-corrected chi connectivity index (χ4v) is 2.51. The normalized spacial score (nSPS) is 14.3. The van der Waals surface area contributed by atoms with Crippen molar-refractivity contribution >= 4 is 32.7 Å². The molecule has 0 radical (unpaired) electrons. The van der Waals surface area contributed by atoms with Crippen molar-refractivity contribution in [3.05, 3.63) is 29.0 Å². The third-order valence-corrected chi connectivity index (χ3v) is 4.52. The molecule has 0 aliphatic rings. The van der Waals surface area contributed by atoms with Crippen LogP contribution in [0, 0.1) is 0 Å². The van der Waals surface area contributed by atoms with Crippen molar-refractivity contribution < 1.29 is 8.42 Å². The Bertz CT molecular complexity index is 681. The molecule has 0 aliphatic heterocycles. The highest BCUT2D eigenvalue weighted by molar-refractivity contribution is 7.88. The number of sulfonamides is 1. The number of benzene rings is 1. The van der Waals surface area contributed by atoms with E-state index in [0.717, 1.165) is 11.0 Å². The van der Waals surface area contributed by atoms with Gasteiger partial charge in [-0.05, 0) is 25.1 Å². The zero-order chi connectivity index (χ0) is 13.5. The predicted octanol–water partition coefficient (Wildman–Crippen LogP) is 2.17. The molecule has 0 spiro atoms. The number of imidazole rings is 1. The van der Waals surface area contributed by atoms with Gasteiger partial charge in [0.2, 0.25) is 10.0 Å². The molecular weight excluding hydrogens is 274 g/mol. The topological polar surface area (TPSA) is 66.1 Å². The summed E-state index contributed by atoms with van der Waals surface area (Å²) in [5, 5.41) is 0.613. The number of rotatable bonds is 3. The van der Waals surface area contributed by atoms with Crippen LogP contribution in [0.5, 0.6) is 0 Å². The molecule has 5 nitrogen and oxygen atoms in total. The third-order valence-electron chi connectivity index (χ3n) is 2.93. The van der Waals surface area contributed by atoms with Crippen molar-refractivity contribution in [3.8, 4) is 0 Å². The molecular formula is C11H14ClN3O2S. The highest BCUT2D eigenvalue weighted by Crippen LogP contribution is 2.23. The summed E-state index contributed by atoms with van der Waals surface area (Å²) in [6.45, 7) is 1.78. The van der Waals surface area contributed by atoms with E-state index in [2.05, 4.69) is 9.97 Å². The van der Waals surface area contributed by atoms with Crippen LogP contribution in [0.25, 0.3) is 11.0 Å². The van der Waals surface area contributed by atoms with Gasteiger partial charge in [0.1, 0.15) is 5.82 Å². The second-order valence-corrected chi connectivity index (χ2v) is 6.72. The molecule has 2 aromatic rings. The highest BCUT2D eigenvalue weighted by Gasteiger charge is 2.22. The molecule has 0 saturated carbocycles. The van der Waals surface area contributed by atoms with Crippen molar-refractivity contribution in [1.82, 2.24) is 14.3 Å². The van der Waals surface area contributed by atoms with Gasteiger partial charge in [-0.3, -0.25) is 0 Å². The van der Waals surface area contributed by atoms with Gasteiger partial charge in [-0.1, -0.05) is 11.6 Å². The minimum Gasteiger partial charge on any atom is -0.341 e. The summed E-state index contributed by atoms with van der Waals surface area (Å²) < 4.78 is 24.2. The minimum absolute atomic E-state index is 0.355. The predicted molar refractivity (Wildman–Crippen MR) is 72.1 cm³/mol. The Labute approximate surface area is 111 Å². The molecule has 98 valence electrons. The maximum atomic E-state index is 11.5. The summed E-state index contributed by atoms with van der Waals surface area (Å²) in [5.41, 5.74) is 1.56. The number of fused-ring (bicyclic) bond motifs is 1. The van der Waals surface area contributed by atoms with Crippen LogP contribution >= 0.6 is 11.6 Å². The van der Waals surface area contributed by atoms with Gasteiger partial charge in [-0.15, -0.1) is 0 Å². The highest BCUT2D eigenvalue weighted by atomic mass is 35.5. The van der Waals surface area contributed by atoms with Gasteiger partial charge >= 0.3 is 0 Å². The molecule has 2 rings (SSSR count). The number of aromatic amines is 1. The lowest BCUT2D eigenvalue weighted by Crippen LogP contribution is -2.29. The van der Waals surface area contributed by atoms with Gasteiger partial charge in [0, 0.05) is 12.1 Å². The standard InChI is InChI=1S/C11H14ClN3O2S/c1-7(15(2)18(3,16)17)11-13-9-5-4-8(12)6-10(9)14-11/h4-7H,1-3H3,(H,13,14). The molecule has 1 N–H and O–H groups in total. The quantitative estimate of drug-likeness (QED) is 0.941. The number of nitrogens with zero attached hydrogens (tertiary/aromatic N) is 2. The summed E-state index contributed by atoms with van der Waals surface area (Å²) >= 11 is 5.89. The van der Waals surface area contributed by atoms with Gasteiger partial charge in [0.05, 0.1) is 23.3 Å². The molecule has 18 heavy (non-hydrogen) atoms. The van der Waals surface area contributed by atoms with Crippen molar-refractivity contribution in [2.45, 2.75) is 13.0 Å². The summed E-state index contributed by atoms with van der Waals surface area (Å²) in [6, 6.07) is 4.95. The molecule has 1 atom stereocenters. The molecule has 1 heterocycles. The Morgan fingerprint density at radius 3 is 2.72 bits per heavy atom. The second-order valence-electron chi connectivity index (χ2n) is 4.24. The van der Waals surface area contributed by atoms with E-state index in [4.69, 9.17) is 11.6 Å². The Hall–Kier alpha value is -1.11. The minimum atomic E-state index is -3.25. The van der Waals surface area contributed by atoms with Crippen LogP contribution in [-0.2, 0) is 10.0 Å². The number of nitrogens with one attached hydrogen (secondary N) is 1. The van der Waals surface area contributed by atoms with Gasteiger partial charge in [-0.25, -0.2) is 13.4 Å². The first-order valence-electron chi connectivity index (χ1n) is 5.37. The average Bonchev–Trinajstić information content (AvgIpc) is 2.68. The SMILES string of the molecule is CC(c1nc2ccc(Cl)cc2[nH]1)N(C)S(C)(=O)=O. The summed E-state index contributed by atoms with van der Waals surface area (Å²) in [5.74, 6) is 0.597. The third kappa shape index (κ3) is 2.50. The zero-order valence-corrected chi connectivity index (χ0v) is 11.9. The summed E-state index contributed by atoms with van der Waals surface area (Å²) in [7, 11) is -1.72. The van der Waals surface area contributed by atoms with Crippen molar-refractivity contribution in [2.24, 2.45) is 0 Å². The Morgan fingerprint density at radius 2 is 2.11 bits per heavy atom. The molecule has 1 unspecified atom stereocenters. The summed E-state index contributed by atoms with van der Waals surface area (Å²) in [6.07, 6.45) is 1.17. The number of H-pyrrole nitrogens is 1. The number of halogens is 1. The van der Waals surface area contributed by atoms with Crippen LogP contribution in [0.2, 0.25) is 5.02 Å². The fourth-order valence-electron chi connectivity index (χ4n) is 1.66. The summed E-state index contributed by atoms with van der Waals surface area (Å²) in [4.78, 5) is 7.46. The second kappa shape index (κ2) is 4.53. The molecule has 0 amide bonds. The lowest BCUT2D eigenvalue weighted by molar-refractivity contribution is 0.390. The van der Waals surface area contributed by atoms with E-state index in [0.29, 0.717) is 10.8 Å². The zero-order valence-electron chi connectivity index (χ0n) is 10.3. The number of aromatic nitrogens is 2.